The minimum Gasteiger partial charge on any atom is -0.487 e. The van der Waals surface area contributed by atoms with Gasteiger partial charge in [0, 0.05) is 12.6 Å². The minimum absolute atomic E-state index is 0.232. The van der Waals surface area contributed by atoms with E-state index >= 15 is 0 Å². The fourth-order valence-electron chi connectivity index (χ4n) is 2.53. The summed E-state index contributed by atoms with van der Waals surface area (Å²) < 4.78 is 33.4. The van der Waals surface area contributed by atoms with E-state index in [1.165, 1.54) is 6.20 Å². The van der Waals surface area contributed by atoms with Gasteiger partial charge in [-0.15, -0.1) is 0 Å². The van der Waals surface area contributed by atoms with Crippen LogP contribution < -0.4 is 9.46 Å². The van der Waals surface area contributed by atoms with Crippen molar-refractivity contribution in [1.29, 1.82) is 0 Å². The third-order valence-electron chi connectivity index (χ3n) is 3.63. The fraction of sp³-hybridized carbons (Fsp3) is 0.312. The van der Waals surface area contributed by atoms with Gasteiger partial charge >= 0.3 is 0 Å². The summed E-state index contributed by atoms with van der Waals surface area (Å²) in [6.45, 7) is 5.80. The molecule has 3 rings (SSSR count). The van der Waals surface area contributed by atoms with Gasteiger partial charge in [-0.05, 0) is 56.2 Å². The number of hydrogen-bond donors (Lipinski definition) is 1. The number of aromatic nitrogens is 1. The molecule has 1 N–H and O–H groups in total. The van der Waals surface area contributed by atoms with Gasteiger partial charge in [-0.2, -0.15) is 0 Å². The van der Waals surface area contributed by atoms with E-state index in [1.54, 1.807) is 30.5 Å². The molecule has 5 nitrogen and oxygen atoms in total. The standard InChI is InChI=1S/C16H18N2O3S/c1-11-6-7-17-10-14(11)18-22(19,20)13-4-5-15-12(8-13)9-16(2,3)21-15/h4-8,10,18H,9H2,1-3H3. The van der Waals surface area contributed by atoms with E-state index < -0.39 is 10.0 Å². The van der Waals surface area contributed by atoms with E-state index in [2.05, 4.69) is 9.71 Å². The van der Waals surface area contributed by atoms with Crippen molar-refractivity contribution in [2.45, 2.75) is 37.7 Å². The number of benzene rings is 1. The first-order valence-corrected chi connectivity index (χ1v) is 8.51. The Morgan fingerprint density at radius 2 is 2.05 bits per heavy atom. The number of hydrogen-bond acceptors (Lipinski definition) is 4. The van der Waals surface area contributed by atoms with Crippen LogP contribution in [0.3, 0.4) is 0 Å². The summed E-state index contributed by atoms with van der Waals surface area (Å²) in [4.78, 5) is 4.19. The maximum atomic E-state index is 12.5. The Morgan fingerprint density at radius 3 is 2.77 bits per heavy atom. The van der Waals surface area contributed by atoms with Crippen molar-refractivity contribution >= 4 is 15.7 Å². The van der Waals surface area contributed by atoms with Crippen molar-refractivity contribution in [1.82, 2.24) is 4.98 Å². The lowest BCUT2D eigenvalue weighted by Gasteiger charge is -2.16. The van der Waals surface area contributed by atoms with Crippen LogP contribution in [0.25, 0.3) is 0 Å². The molecule has 116 valence electrons. The van der Waals surface area contributed by atoms with Gasteiger partial charge in [0.25, 0.3) is 10.0 Å². The number of aryl methyl sites for hydroxylation is 1. The Kier molecular flexibility index (Phi) is 3.36. The average molecular weight is 318 g/mol. The van der Waals surface area contributed by atoms with E-state index in [4.69, 9.17) is 4.74 Å². The Balaban J connectivity index is 1.93. The molecule has 2 aromatic rings. The monoisotopic (exact) mass is 318 g/mol. The SMILES string of the molecule is Cc1ccncc1NS(=O)(=O)c1ccc2c(c1)CC(C)(C)O2. The Bertz CT molecular complexity index is 829. The van der Waals surface area contributed by atoms with Crippen LogP contribution >= 0.6 is 0 Å². The van der Waals surface area contributed by atoms with Gasteiger partial charge in [-0.3, -0.25) is 9.71 Å². The summed E-state index contributed by atoms with van der Waals surface area (Å²) in [6, 6.07) is 6.72. The number of pyridine rings is 1. The number of nitrogens with zero attached hydrogens (tertiary/aromatic N) is 1. The lowest BCUT2D eigenvalue weighted by atomic mass is 10.0. The van der Waals surface area contributed by atoms with Crippen molar-refractivity contribution in [3.63, 3.8) is 0 Å². The van der Waals surface area contributed by atoms with Crippen molar-refractivity contribution in [3.05, 3.63) is 47.8 Å². The van der Waals surface area contributed by atoms with Crippen LogP contribution in [0.2, 0.25) is 0 Å². The van der Waals surface area contributed by atoms with E-state index in [1.807, 2.05) is 20.8 Å². The smallest absolute Gasteiger partial charge is 0.261 e. The first-order valence-electron chi connectivity index (χ1n) is 7.02. The van der Waals surface area contributed by atoms with Gasteiger partial charge < -0.3 is 4.74 Å². The Morgan fingerprint density at radius 1 is 1.27 bits per heavy atom. The van der Waals surface area contributed by atoms with E-state index in [0.29, 0.717) is 12.1 Å². The summed E-state index contributed by atoms with van der Waals surface area (Å²) in [5.41, 5.74) is 1.93. The number of ether oxygens (including phenoxy) is 1. The van der Waals surface area contributed by atoms with Crippen molar-refractivity contribution < 1.29 is 13.2 Å². The zero-order valence-corrected chi connectivity index (χ0v) is 13.6. The molecular formula is C16H18N2O3S. The lowest BCUT2D eigenvalue weighted by molar-refractivity contribution is 0.138. The molecule has 0 unspecified atom stereocenters. The number of nitrogens with one attached hydrogen (secondary N) is 1. The van der Waals surface area contributed by atoms with Crippen molar-refractivity contribution in [2.24, 2.45) is 0 Å². The highest BCUT2D eigenvalue weighted by Gasteiger charge is 2.31. The van der Waals surface area contributed by atoms with E-state index in [9.17, 15) is 8.42 Å². The van der Waals surface area contributed by atoms with Crippen LogP contribution in [0.1, 0.15) is 25.0 Å². The Hall–Kier alpha value is -2.08. The molecule has 1 aromatic carbocycles. The highest BCUT2D eigenvalue weighted by atomic mass is 32.2. The lowest BCUT2D eigenvalue weighted by Crippen LogP contribution is -2.24. The van der Waals surface area contributed by atoms with Crippen molar-refractivity contribution in [2.75, 3.05) is 4.72 Å². The van der Waals surface area contributed by atoms with Crippen LogP contribution in [0.15, 0.2) is 41.6 Å². The summed E-state index contributed by atoms with van der Waals surface area (Å²) in [7, 11) is -3.64. The summed E-state index contributed by atoms with van der Waals surface area (Å²) in [5.74, 6) is 0.751. The normalized spacial score (nSPS) is 16.0. The molecule has 0 spiro atoms. The van der Waals surface area contributed by atoms with Gasteiger partial charge in [-0.25, -0.2) is 8.42 Å². The number of anilines is 1. The molecule has 0 radical (unpaired) electrons. The summed E-state index contributed by atoms with van der Waals surface area (Å²) in [6.07, 6.45) is 3.83. The Labute approximate surface area is 130 Å². The van der Waals surface area contributed by atoms with Crippen LogP contribution in [-0.4, -0.2) is 19.0 Å². The topological polar surface area (TPSA) is 68.3 Å². The number of fused-ring (bicyclic) bond motifs is 1. The van der Waals surface area contributed by atoms with Crippen molar-refractivity contribution in [3.8, 4) is 5.75 Å². The maximum Gasteiger partial charge on any atom is 0.261 e. The average Bonchev–Trinajstić information content (AvgIpc) is 2.74. The van der Waals surface area contributed by atoms with Gasteiger partial charge in [0.1, 0.15) is 11.4 Å². The second-order valence-electron chi connectivity index (χ2n) is 6.10. The summed E-state index contributed by atoms with van der Waals surface area (Å²) >= 11 is 0. The number of rotatable bonds is 3. The quantitative estimate of drug-likeness (QED) is 0.945. The number of sulfonamides is 1. The van der Waals surface area contributed by atoms with Gasteiger partial charge in [0.05, 0.1) is 16.8 Å². The third-order valence-corrected chi connectivity index (χ3v) is 4.99. The van der Waals surface area contributed by atoms with Crippen LogP contribution in [-0.2, 0) is 16.4 Å². The molecule has 0 saturated carbocycles. The predicted molar refractivity (Wildman–Crippen MR) is 84.6 cm³/mol. The molecular weight excluding hydrogens is 300 g/mol. The molecule has 0 bridgehead atoms. The highest BCUT2D eigenvalue weighted by molar-refractivity contribution is 7.92. The molecule has 0 fully saturated rings. The highest BCUT2D eigenvalue weighted by Crippen LogP contribution is 2.36. The molecule has 0 amide bonds. The minimum atomic E-state index is -3.64. The van der Waals surface area contributed by atoms with Crippen LogP contribution in [0, 0.1) is 6.92 Å². The van der Waals surface area contributed by atoms with E-state index in [0.717, 1.165) is 16.9 Å². The molecule has 6 heteroatoms. The molecule has 1 aliphatic heterocycles. The van der Waals surface area contributed by atoms with Crippen LogP contribution in [0.4, 0.5) is 5.69 Å². The van der Waals surface area contributed by atoms with Gasteiger partial charge in [0.2, 0.25) is 0 Å². The molecule has 1 aliphatic rings. The van der Waals surface area contributed by atoms with Crippen LogP contribution in [0.5, 0.6) is 5.75 Å². The zero-order chi connectivity index (χ0) is 16.0. The zero-order valence-electron chi connectivity index (χ0n) is 12.8. The van der Waals surface area contributed by atoms with Gasteiger partial charge in [0.15, 0.2) is 0 Å². The maximum absolute atomic E-state index is 12.5. The fourth-order valence-corrected chi connectivity index (χ4v) is 3.69. The molecule has 0 aliphatic carbocycles. The van der Waals surface area contributed by atoms with Gasteiger partial charge in [-0.1, -0.05) is 0 Å². The first-order chi connectivity index (χ1) is 10.3. The second kappa shape index (κ2) is 4.98. The predicted octanol–water partition coefficient (Wildman–Crippen LogP) is 2.90. The summed E-state index contributed by atoms with van der Waals surface area (Å²) in [5, 5.41) is 0. The first kappa shape index (κ1) is 14.8. The van der Waals surface area contributed by atoms with E-state index in [-0.39, 0.29) is 10.5 Å². The third kappa shape index (κ3) is 2.78. The molecule has 22 heavy (non-hydrogen) atoms. The molecule has 0 saturated heterocycles. The molecule has 2 heterocycles. The largest absolute Gasteiger partial charge is 0.487 e. The second-order valence-corrected chi connectivity index (χ2v) is 7.79. The molecule has 0 atom stereocenters. The molecule has 1 aromatic heterocycles.